The number of methoxy groups -OCH3 is 1. The number of likely N-dealkylation sites (tertiary alicyclic amines) is 1. The predicted octanol–water partition coefficient (Wildman–Crippen LogP) is 6.07. The van der Waals surface area contributed by atoms with Crippen LogP contribution in [0.5, 0.6) is 11.6 Å². The van der Waals surface area contributed by atoms with Crippen LogP contribution in [-0.2, 0) is 24.2 Å². The molecule has 0 aliphatic carbocycles. The molecule has 5 rings (SSSR count). The molecule has 0 radical (unpaired) electrons. The lowest BCUT2D eigenvalue weighted by Crippen LogP contribution is -2.26. The zero-order chi connectivity index (χ0) is 25.9. The van der Waals surface area contributed by atoms with Crippen LogP contribution < -0.4 is 9.47 Å². The summed E-state index contributed by atoms with van der Waals surface area (Å²) in [6.45, 7) is 6.08. The molecule has 0 amide bonds. The summed E-state index contributed by atoms with van der Waals surface area (Å²) in [6, 6.07) is 17.5. The molecule has 194 valence electrons. The van der Waals surface area contributed by atoms with Crippen molar-refractivity contribution in [3.05, 3.63) is 77.0 Å². The van der Waals surface area contributed by atoms with Gasteiger partial charge in [0, 0.05) is 24.8 Å². The molecule has 1 N–H and O–H groups in total. The van der Waals surface area contributed by atoms with Crippen LogP contribution in [0.15, 0.2) is 54.7 Å². The minimum atomic E-state index is -0.775. The standard InChI is InChI=1S/C31H36N2O4/c1-20(31(34)35)15-22-6-7-23-9-11-28(37-29(23)16-22)25-8-10-27(24-12-13-32-30(18-24)36-3)26(17-25)19-33-14-4-5-21(33)2/h6-8,10,12-13,16-18,20-21,28H,4-5,9,11,14-15,19H2,1-3H3,(H,34,35)/t20-,21?,28-/m0/s1. The van der Waals surface area contributed by atoms with Crippen molar-refractivity contribution in [2.45, 2.75) is 64.6 Å². The molecule has 2 aromatic carbocycles. The highest BCUT2D eigenvalue weighted by Gasteiger charge is 2.25. The monoisotopic (exact) mass is 500 g/mol. The van der Waals surface area contributed by atoms with E-state index in [1.165, 1.54) is 35.1 Å². The van der Waals surface area contributed by atoms with E-state index >= 15 is 0 Å². The van der Waals surface area contributed by atoms with E-state index in [0.717, 1.165) is 42.8 Å². The van der Waals surface area contributed by atoms with Gasteiger partial charge in [-0.25, -0.2) is 4.98 Å². The number of carboxylic acids is 1. The SMILES string of the molecule is COc1cc(-c2ccc([C@@H]3CCc4ccc(C[C@H](C)C(=O)O)cc4O3)cc2CN2CCCC2C)ccn1. The Morgan fingerprint density at radius 1 is 1.19 bits per heavy atom. The van der Waals surface area contributed by atoms with Crippen molar-refractivity contribution in [2.75, 3.05) is 13.7 Å². The summed E-state index contributed by atoms with van der Waals surface area (Å²) in [5.74, 6) is 0.293. The molecule has 1 aromatic heterocycles. The Morgan fingerprint density at radius 2 is 2.05 bits per heavy atom. The first-order valence-electron chi connectivity index (χ1n) is 13.3. The van der Waals surface area contributed by atoms with E-state index in [2.05, 4.69) is 41.1 Å². The Labute approximate surface area is 219 Å². The number of pyridine rings is 1. The van der Waals surface area contributed by atoms with E-state index in [9.17, 15) is 9.90 Å². The fourth-order valence-electron chi connectivity index (χ4n) is 5.58. The van der Waals surface area contributed by atoms with Crippen molar-refractivity contribution >= 4 is 5.97 Å². The molecule has 1 unspecified atom stereocenters. The third-order valence-electron chi connectivity index (χ3n) is 7.86. The summed E-state index contributed by atoms with van der Waals surface area (Å²) >= 11 is 0. The molecule has 2 aliphatic rings. The molecule has 6 nitrogen and oxygen atoms in total. The van der Waals surface area contributed by atoms with E-state index < -0.39 is 11.9 Å². The second-order valence-electron chi connectivity index (χ2n) is 10.5. The first-order chi connectivity index (χ1) is 17.9. The van der Waals surface area contributed by atoms with Crippen LogP contribution in [0.1, 0.15) is 61.5 Å². The number of aryl methyl sites for hydroxylation is 1. The number of ether oxygens (including phenoxy) is 2. The topological polar surface area (TPSA) is 71.9 Å². The van der Waals surface area contributed by atoms with Crippen molar-refractivity contribution in [3.63, 3.8) is 0 Å². The quantitative estimate of drug-likeness (QED) is 0.405. The Morgan fingerprint density at radius 3 is 2.81 bits per heavy atom. The van der Waals surface area contributed by atoms with Gasteiger partial charge < -0.3 is 14.6 Å². The molecule has 0 saturated carbocycles. The van der Waals surface area contributed by atoms with Crippen molar-refractivity contribution < 1.29 is 19.4 Å². The Kier molecular flexibility index (Phi) is 7.47. The largest absolute Gasteiger partial charge is 0.485 e. The lowest BCUT2D eigenvalue weighted by Gasteiger charge is -2.29. The number of rotatable bonds is 8. The van der Waals surface area contributed by atoms with Gasteiger partial charge >= 0.3 is 5.97 Å². The van der Waals surface area contributed by atoms with Gasteiger partial charge in [-0.15, -0.1) is 0 Å². The number of aliphatic carboxylic acids is 1. The van der Waals surface area contributed by atoms with Crippen LogP contribution in [0, 0.1) is 5.92 Å². The summed E-state index contributed by atoms with van der Waals surface area (Å²) in [5.41, 5.74) is 6.96. The Hall–Kier alpha value is -3.38. The highest BCUT2D eigenvalue weighted by molar-refractivity contribution is 5.70. The van der Waals surface area contributed by atoms with Crippen molar-refractivity contribution in [3.8, 4) is 22.8 Å². The first-order valence-corrected chi connectivity index (χ1v) is 13.3. The third kappa shape index (κ3) is 5.64. The summed E-state index contributed by atoms with van der Waals surface area (Å²) < 4.78 is 11.9. The van der Waals surface area contributed by atoms with Gasteiger partial charge in [0.25, 0.3) is 0 Å². The van der Waals surface area contributed by atoms with Crippen LogP contribution in [-0.4, -0.2) is 40.7 Å². The van der Waals surface area contributed by atoms with Gasteiger partial charge in [0.05, 0.1) is 13.0 Å². The molecule has 37 heavy (non-hydrogen) atoms. The van der Waals surface area contributed by atoms with E-state index in [4.69, 9.17) is 9.47 Å². The summed E-state index contributed by atoms with van der Waals surface area (Å²) in [7, 11) is 1.65. The smallest absolute Gasteiger partial charge is 0.306 e. The molecule has 2 aliphatic heterocycles. The van der Waals surface area contributed by atoms with Gasteiger partial charge in [0.2, 0.25) is 5.88 Å². The zero-order valence-electron chi connectivity index (χ0n) is 21.9. The zero-order valence-corrected chi connectivity index (χ0v) is 21.9. The average Bonchev–Trinajstić information content (AvgIpc) is 3.32. The third-order valence-corrected chi connectivity index (χ3v) is 7.86. The van der Waals surface area contributed by atoms with Crippen LogP contribution in [0.25, 0.3) is 11.1 Å². The van der Waals surface area contributed by atoms with Crippen LogP contribution in [0.3, 0.4) is 0 Å². The maximum absolute atomic E-state index is 11.3. The fourth-order valence-corrected chi connectivity index (χ4v) is 5.58. The molecule has 1 saturated heterocycles. The molecule has 6 heteroatoms. The van der Waals surface area contributed by atoms with Crippen molar-refractivity contribution in [2.24, 2.45) is 5.92 Å². The minimum Gasteiger partial charge on any atom is -0.485 e. The second-order valence-corrected chi connectivity index (χ2v) is 10.5. The van der Waals surface area contributed by atoms with E-state index in [1.807, 2.05) is 24.3 Å². The lowest BCUT2D eigenvalue weighted by atomic mass is 9.91. The van der Waals surface area contributed by atoms with E-state index in [0.29, 0.717) is 18.3 Å². The van der Waals surface area contributed by atoms with Gasteiger partial charge in [-0.2, -0.15) is 0 Å². The first kappa shape index (κ1) is 25.3. The molecule has 1 fully saturated rings. The molecule has 3 heterocycles. The molecular weight excluding hydrogens is 464 g/mol. The highest BCUT2D eigenvalue weighted by atomic mass is 16.5. The lowest BCUT2D eigenvalue weighted by molar-refractivity contribution is -0.141. The van der Waals surface area contributed by atoms with Gasteiger partial charge in [-0.1, -0.05) is 37.3 Å². The number of carbonyl (C=O) groups is 1. The van der Waals surface area contributed by atoms with E-state index in [1.54, 1.807) is 20.2 Å². The number of fused-ring (bicyclic) bond motifs is 1. The molecule has 3 atom stereocenters. The van der Waals surface area contributed by atoms with Crippen molar-refractivity contribution in [1.82, 2.24) is 9.88 Å². The van der Waals surface area contributed by atoms with Gasteiger partial charge in [-0.05, 0) is 91.1 Å². The second kappa shape index (κ2) is 10.9. The number of hydrogen-bond donors (Lipinski definition) is 1. The maximum atomic E-state index is 11.3. The van der Waals surface area contributed by atoms with Crippen LogP contribution >= 0.6 is 0 Å². The fraction of sp³-hybridized carbons (Fsp3) is 0.419. The molecule has 0 bridgehead atoms. The molecular formula is C31H36N2O4. The maximum Gasteiger partial charge on any atom is 0.306 e. The minimum absolute atomic E-state index is 0.0320. The van der Waals surface area contributed by atoms with E-state index in [-0.39, 0.29) is 6.10 Å². The van der Waals surface area contributed by atoms with Gasteiger partial charge in [-0.3, -0.25) is 9.69 Å². The summed E-state index contributed by atoms with van der Waals surface area (Å²) in [4.78, 5) is 18.2. The van der Waals surface area contributed by atoms with Gasteiger partial charge in [0.1, 0.15) is 11.9 Å². The molecule has 0 spiro atoms. The van der Waals surface area contributed by atoms with Gasteiger partial charge in [0.15, 0.2) is 0 Å². The number of benzene rings is 2. The summed E-state index contributed by atoms with van der Waals surface area (Å²) in [6.07, 6.45) is 6.60. The Bertz CT molecular complexity index is 1270. The normalized spacial score (nSPS) is 20.2. The Balaban J connectivity index is 1.44. The van der Waals surface area contributed by atoms with Crippen LogP contribution in [0.4, 0.5) is 0 Å². The number of hydrogen-bond acceptors (Lipinski definition) is 5. The predicted molar refractivity (Wildman–Crippen MR) is 144 cm³/mol. The van der Waals surface area contributed by atoms with Crippen molar-refractivity contribution in [1.29, 1.82) is 0 Å². The summed E-state index contributed by atoms with van der Waals surface area (Å²) in [5, 5.41) is 9.31. The number of carboxylic acid groups (broad SMARTS) is 1. The number of nitrogens with zero attached hydrogens (tertiary/aromatic N) is 2. The van der Waals surface area contributed by atoms with Crippen LogP contribution in [0.2, 0.25) is 0 Å². The molecule has 3 aromatic rings. The number of aromatic nitrogens is 1. The average molecular weight is 501 g/mol. The highest BCUT2D eigenvalue weighted by Crippen LogP contribution is 2.38.